The third-order valence-electron chi connectivity index (χ3n) is 4.36. The molecule has 2 aromatic rings. The lowest BCUT2D eigenvalue weighted by atomic mass is 10.00. The summed E-state index contributed by atoms with van der Waals surface area (Å²) in [4.78, 5) is 6.35. The van der Waals surface area contributed by atoms with Crippen molar-refractivity contribution in [3.63, 3.8) is 0 Å². The minimum absolute atomic E-state index is 0.674. The topological polar surface area (TPSA) is 53.9 Å². The van der Waals surface area contributed by atoms with Gasteiger partial charge in [-0.2, -0.15) is 5.10 Å². The van der Waals surface area contributed by atoms with Crippen LogP contribution in [-0.4, -0.2) is 34.8 Å². The van der Waals surface area contributed by atoms with Crippen molar-refractivity contribution in [3.8, 4) is 0 Å². The van der Waals surface area contributed by atoms with E-state index in [0.717, 1.165) is 37.6 Å². The van der Waals surface area contributed by atoms with E-state index < -0.39 is 0 Å². The van der Waals surface area contributed by atoms with Crippen molar-refractivity contribution in [2.75, 3.05) is 29.9 Å². The van der Waals surface area contributed by atoms with E-state index in [4.69, 9.17) is 0 Å². The normalized spacial score (nSPS) is 17.4. The molecule has 2 aromatic heterocycles. The molecule has 0 atom stereocenters. The maximum absolute atomic E-state index is 4.37. The molecule has 108 valence electrons. The summed E-state index contributed by atoms with van der Waals surface area (Å²) in [5, 5.41) is 12.2. The van der Waals surface area contributed by atoms with E-state index in [0.29, 0.717) is 5.92 Å². The number of fused-ring (bicyclic) bond motifs is 1. The van der Waals surface area contributed by atoms with Crippen molar-refractivity contribution in [2.24, 2.45) is 5.92 Å². The fourth-order valence-electron chi connectivity index (χ4n) is 3.09. The Morgan fingerprint density at radius 3 is 2.86 bits per heavy atom. The number of nitrogens with zero attached hydrogens (tertiary/aromatic N) is 4. The van der Waals surface area contributed by atoms with Gasteiger partial charge in [-0.25, -0.2) is 0 Å². The van der Waals surface area contributed by atoms with Gasteiger partial charge in [0.05, 0.1) is 5.69 Å². The van der Waals surface area contributed by atoms with Crippen molar-refractivity contribution in [2.45, 2.75) is 19.3 Å². The van der Waals surface area contributed by atoms with Crippen molar-refractivity contribution in [3.05, 3.63) is 41.9 Å². The van der Waals surface area contributed by atoms with Crippen LogP contribution in [0.5, 0.6) is 0 Å². The molecule has 1 fully saturated rings. The van der Waals surface area contributed by atoms with Crippen molar-refractivity contribution >= 4 is 11.5 Å². The fraction of sp³-hybridized carbons (Fsp3) is 0.438. The number of pyridine rings is 1. The molecule has 5 nitrogen and oxygen atoms in total. The van der Waals surface area contributed by atoms with Gasteiger partial charge in [-0.05, 0) is 43.0 Å². The highest BCUT2D eigenvalue weighted by molar-refractivity contribution is 5.46. The van der Waals surface area contributed by atoms with Crippen LogP contribution in [0.25, 0.3) is 0 Å². The zero-order valence-corrected chi connectivity index (χ0v) is 12.0. The number of anilines is 2. The molecule has 0 aromatic carbocycles. The largest absolute Gasteiger partial charge is 0.385 e. The summed E-state index contributed by atoms with van der Waals surface area (Å²) in [5.41, 5.74) is 3.74. The van der Waals surface area contributed by atoms with E-state index in [9.17, 15) is 0 Å². The lowest BCUT2D eigenvalue weighted by Crippen LogP contribution is -2.50. The van der Waals surface area contributed by atoms with Crippen LogP contribution < -0.4 is 10.2 Å². The first-order valence-corrected chi connectivity index (χ1v) is 7.63. The number of aryl methyl sites for hydroxylation is 2. The molecule has 0 spiro atoms. The lowest BCUT2D eigenvalue weighted by Gasteiger charge is -2.40. The number of hydrogen-bond acceptors (Lipinski definition) is 5. The van der Waals surface area contributed by atoms with Crippen LogP contribution in [0.2, 0.25) is 0 Å². The van der Waals surface area contributed by atoms with Crippen LogP contribution in [-0.2, 0) is 12.8 Å². The van der Waals surface area contributed by atoms with Gasteiger partial charge in [0, 0.05) is 43.6 Å². The van der Waals surface area contributed by atoms with Gasteiger partial charge in [-0.1, -0.05) is 0 Å². The highest BCUT2D eigenvalue weighted by Crippen LogP contribution is 2.27. The first-order valence-electron chi connectivity index (χ1n) is 7.63. The molecule has 1 aliphatic heterocycles. The highest BCUT2D eigenvalue weighted by atomic mass is 15.3. The SMILES string of the molecule is c1cc(NCC2CN(c3cc4c(nn3)CCC4)C2)ccn1. The molecule has 0 saturated carbocycles. The van der Waals surface area contributed by atoms with Gasteiger partial charge in [0.25, 0.3) is 0 Å². The Balaban J connectivity index is 1.31. The first-order chi connectivity index (χ1) is 10.4. The highest BCUT2D eigenvalue weighted by Gasteiger charge is 2.28. The van der Waals surface area contributed by atoms with Gasteiger partial charge < -0.3 is 10.2 Å². The Labute approximate surface area is 124 Å². The van der Waals surface area contributed by atoms with Crippen LogP contribution in [0, 0.1) is 5.92 Å². The predicted molar refractivity (Wildman–Crippen MR) is 82.5 cm³/mol. The zero-order valence-electron chi connectivity index (χ0n) is 12.0. The standard InChI is InChI=1S/C16H19N5/c1-2-13-8-16(20-19-15(13)3-1)21-10-12(11-21)9-18-14-4-6-17-7-5-14/h4-8,12H,1-3,9-11H2,(H,17,18). The quantitative estimate of drug-likeness (QED) is 0.927. The van der Waals surface area contributed by atoms with Crippen LogP contribution in [0.4, 0.5) is 11.5 Å². The van der Waals surface area contributed by atoms with E-state index in [1.165, 1.54) is 24.1 Å². The van der Waals surface area contributed by atoms with Gasteiger partial charge in [0.1, 0.15) is 0 Å². The Hall–Kier alpha value is -2.17. The average Bonchev–Trinajstić information content (AvgIpc) is 2.94. The lowest BCUT2D eigenvalue weighted by molar-refractivity contribution is 0.425. The molecular weight excluding hydrogens is 262 g/mol. The van der Waals surface area contributed by atoms with E-state index in [1.807, 2.05) is 24.5 Å². The van der Waals surface area contributed by atoms with Gasteiger partial charge in [0.2, 0.25) is 0 Å². The van der Waals surface area contributed by atoms with Crippen LogP contribution in [0.3, 0.4) is 0 Å². The van der Waals surface area contributed by atoms with Crippen molar-refractivity contribution in [1.82, 2.24) is 15.2 Å². The van der Waals surface area contributed by atoms with E-state index >= 15 is 0 Å². The summed E-state index contributed by atoms with van der Waals surface area (Å²) in [6.07, 6.45) is 7.12. The molecule has 21 heavy (non-hydrogen) atoms. The second-order valence-electron chi connectivity index (χ2n) is 5.92. The molecule has 3 heterocycles. The maximum Gasteiger partial charge on any atom is 0.151 e. The minimum Gasteiger partial charge on any atom is -0.385 e. The smallest absolute Gasteiger partial charge is 0.151 e. The van der Waals surface area contributed by atoms with E-state index in [1.54, 1.807) is 0 Å². The van der Waals surface area contributed by atoms with E-state index in [2.05, 4.69) is 31.5 Å². The molecule has 1 saturated heterocycles. The van der Waals surface area contributed by atoms with Crippen LogP contribution in [0.15, 0.2) is 30.6 Å². The summed E-state index contributed by atoms with van der Waals surface area (Å²) in [5.74, 6) is 1.73. The molecule has 4 rings (SSSR count). The Kier molecular flexibility index (Phi) is 3.18. The Morgan fingerprint density at radius 2 is 2.00 bits per heavy atom. The molecule has 0 unspecified atom stereocenters. The predicted octanol–water partition coefficient (Wildman–Crippen LogP) is 1.91. The summed E-state index contributed by atoms with van der Waals surface area (Å²) >= 11 is 0. The Morgan fingerprint density at radius 1 is 1.14 bits per heavy atom. The molecule has 0 amide bonds. The number of hydrogen-bond donors (Lipinski definition) is 1. The molecule has 1 aliphatic carbocycles. The minimum atomic E-state index is 0.674. The van der Waals surface area contributed by atoms with Crippen LogP contribution in [0.1, 0.15) is 17.7 Å². The summed E-state index contributed by atoms with van der Waals surface area (Å²) < 4.78 is 0. The zero-order chi connectivity index (χ0) is 14.1. The maximum atomic E-state index is 4.37. The van der Waals surface area contributed by atoms with Gasteiger partial charge in [0.15, 0.2) is 5.82 Å². The van der Waals surface area contributed by atoms with Crippen molar-refractivity contribution in [1.29, 1.82) is 0 Å². The monoisotopic (exact) mass is 281 g/mol. The summed E-state index contributed by atoms with van der Waals surface area (Å²) in [6, 6.07) is 6.24. The number of rotatable bonds is 4. The van der Waals surface area contributed by atoms with Gasteiger partial charge in [-0.3, -0.25) is 4.98 Å². The Bertz CT molecular complexity index is 622. The summed E-state index contributed by atoms with van der Waals surface area (Å²) in [7, 11) is 0. The second kappa shape index (κ2) is 5.31. The number of aromatic nitrogens is 3. The van der Waals surface area contributed by atoms with E-state index in [-0.39, 0.29) is 0 Å². The molecule has 5 heteroatoms. The fourth-order valence-corrected chi connectivity index (χ4v) is 3.09. The second-order valence-corrected chi connectivity index (χ2v) is 5.92. The summed E-state index contributed by atoms with van der Waals surface area (Å²) in [6.45, 7) is 3.12. The third-order valence-corrected chi connectivity index (χ3v) is 4.36. The number of nitrogens with one attached hydrogen (secondary N) is 1. The van der Waals surface area contributed by atoms with Crippen molar-refractivity contribution < 1.29 is 0 Å². The van der Waals surface area contributed by atoms with Gasteiger partial charge in [-0.15, -0.1) is 5.10 Å². The molecule has 0 bridgehead atoms. The third kappa shape index (κ3) is 2.55. The van der Waals surface area contributed by atoms with Gasteiger partial charge >= 0.3 is 0 Å². The average molecular weight is 281 g/mol. The molecular formula is C16H19N5. The molecule has 0 radical (unpaired) electrons. The first kappa shape index (κ1) is 12.6. The molecule has 1 N–H and O–H groups in total. The molecule has 2 aliphatic rings. The van der Waals surface area contributed by atoms with Crippen LogP contribution >= 0.6 is 0 Å².